The molecule has 1 N–H and O–H groups in total. The minimum atomic E-state index is 0.660. The van der Waals surface area contributed by atoms with Gasteiger partial charge in [0.15, 0.2) is 0 Å². The van der Waals surface area contributed by atoms with Crippen LogP contribution in [0.1, 0.15) is 33.4 Å². The van der Waals surface area contributed by atoms with E-state index >= 15 is 0 Å². The Balaban J connectivity index is 2.35. The molecule has 0 aliphatic carbocycles. The first-order chi connectivity index (χ1) is 10.2. The van der Waals surface area contributed by atoms with E-state index in [0.29, 0.717) is 5.92 Å². The van der Waals surface area contributed by atoms with E-state index in [1.54, 1.807) is 0 Å². The second-order valence-electron chi connectivity index (χ2n) is 5.86. The van der Waals surface area contributed by atoms with Gasteiger partial charge in [-0.15, -0.1) is 0 Å². The number of pyridine rings is 1. The SMILES string of the molecule is CCN(CC)c1nc(CNCC(C)C)cc2ccccc12. The lowest BCUT2D eigenvalue weighted by Gasteiger charge is -2.22. The highest BCUT2D eigenvalue weighted by Gasteiger charge is 2.10. The zero-order valence-corrected chi connectivity index (χ0v) is 13.7. The summed E-state index contributed by atoms with van der Waals surface area (Å²) in [5, 5.41) is 6.01. The molecule has 0 amide bonds. The van der Waals surface area contributed by atoms with Gasteiger partial charge in [0, 0.05) is 25.0 Å². The summed E-state index contributed by atoms with van der Waals surface area (Å²) in [6, 6.07) is 10.7. The van der Waals surface area contributed by atoms with Crippen LogP contribution in [0.25, 0.3) is 10.8 Å². The van der Waals surface area contributed by atoms with E-state index in [0.717, 1.165) is 37.7 Å². The Bertz CT molecular complexity index is 574. The third kappa shape index (κ3) is 3.94. The fraction of sp³-hybridized carbons (Fsp3) is 0.500. The molecular weight excluding hydrogens is 258 g/mol. The van der Waals surface area contributed by atoms with Crippen LogP contribution in [0.2, 0.25) is 0 Å². The Morgan fingerprint density at radius 2 is 1.86 bits per heavy atom. The highest BCUT2D eigenvalue weighted by Crippen LogP contribution is 2.25. The van der Waals surface area contributed by atoms with Gasteiger partial charge in [-0.3, -0.25) is 0 Å². The van der Waals surface area contributed by atoms with Gasteiger partial charge in [0.2, 0.25) is 0 Å². The molecule has 3 nitrogen and oxygen atoms in total. The van der Waals surface area contributed by atoms with Crippen molar-refractivity contribution in [1.29, 1.82) is 0 Å². The molecule has 21 heavy (non-hydrogen) atoms. The molecule has 0 unspecified atom stereocenters. The first kappa shape index (κ1) is 15.8. The summed E-state index contributed by atoms with van der Waals surface area (Å²) >= 11 is 0. The Labute approximate surface area is 128 Å². The Kier molecular flexibility index (Phi) is 5.57. The molecule has 1 aromatic carbocycles. The molecule has 0 bridgehead atoms. The van der Waals surface area contributed by atoms with Crippen molar-refractivity contribution >= 4 is 16.6 Å². The van der Waals surface area contributed by atoms with Crippen LogP contribution in [0, 0.1) is 5.92 Å². The van der Waals surface area contributed by atoms with Gasteiger partial charge in [0.1, 0.15) is 5.82 Å². The minimum absolute atomic E-state index is 0.660. The van der Waals surface area contributed by atoms with Crippen LogP contribution in [0.4, 0.5) is 5.82 Å². The molecule has 0 fully saturated rings. The van der Waals surface area contributed by atoms with Gasteiger partial charge in [-0.1, -0.05) is 38.1 Å². The van der Waals surface area contributed by atoms with Crippen molar-refractivity contribution in [2.45, 2.75) is 34.2 Å². The maximum atomic E-state index is 4.90. The molecule has 1 heterocycles. The minimum Gasteiger partial charge on any atom is -0.357 e. The topological polar surface area (TPSA) is 28.2 Å². The molecule has 1 aromatic heterocycles. The van der Waals surface area contributed by atoms with E-state index in [2.05, 4.69) is 68.2 Å². The summed E-state index contributed by atoms with van der Waals surface area (Å²) in [6.45, 7) is 12.6. The van der Waals surface area contributed by atoms with Crippen molar-refractivity contribution in [2.24, 2.45) is 5.92 Å². The van der Waals surface area contributed by atoms with Crippen molar-refractivity contribution in [3.05, 3.63) is 36.0 Å². The lowest BCUT2D eigenvalue weighted by Crippen LogP contribution is -2.25. The maximum absolute atomic E-state index is 4.90. The predicted octanol–water partition coefficient (Wildman–Crippen LogP) is 3.83. The van der Waals surface area contributed by atoms with E-state index in [1.165, 1.54) is 10.8 Å². The molecule has 0 spiro atoms. The van der Waals surface area contributed by atoms with Crippen LogP contribution in [0.3, 0.4) is 0 Å². The van der Waals surface area contributed by atoms with Crippen LogP contribution in [0.15, 0.2) is 30.3 Å². The highest BCUT2D eigenvalue weighted by atomic mass is 15.2. The Morgan fingerprint density at radius 1 is 1.14 bits per heavy atom. The number of hydrogen-bond acceptors (Lipinski definition) is 3. The first-order valence-electron chi connectivity index (χ1n) is 8.00. The van der Waals surface area contributed by atoms with Crippen LogP contribution in [0.5, 0.6) is 0 Å². The molecule has 0 aliphatic heterocycles. The monoisotopic (exact) mass is 285 g/mol. The van der Waals surface area contributed by atoms with Gasteiger partial charge in [-0.05, 0) is 37.8 Å². The second kappa shape index (κ2) is 7.41. The van der Waals surface area contributed by atoms with Crippen LogP contribution in [-0.4, -0.2) is 24.6 Å². The third-order valence-corrected chi connectivity index (χ3v) is 3.69. The number of fused-ring (bicyclic) bond motifs is 1. The van der Waals surface area contributed by atoms with Crippen molar-refractivity contribution in [2.75, 3.05) is 24.5 Å². The summed E-state index contributed by atoms with van der Waals surface area (Å²) in [5.74, 6) is 1.77. The lowest BCUT2D eigenvalue weighted by atomic mass is 10.1. The molecule has 0 saturated carbocycles. The summed E-state index contributed by atoms with van der Waals surface area (Å²) in [4.78, 5) is 7.23. The molecule has 2 aromatic rings. The molecule has 0 saturated heterocycles. The number of nitrogens with zero attached hydrogens (tertiary/aromatic N) is 2. The third-order valence-electron chi connectivity index (χ3n) is 3.69. The Hall–Kier alpha value is -1.61. The van der Waals surface area contributed by atoms with E-state index < -0.39 is 0 Å². The number of nitrogens with one attached hydrogen (secondary N) is 1. The fourth-order valence-electron chi connectivity index (χ4n) is 2.58. The molecule has 0 radical (unpaired) electrons. The largest absolute Gasteiger partial charge is 0.357 e. The summed E-state index contributed by atoms with van der Waals surface area (Å²) in [5.41, 5.74) is 1.12. The molecule has 0 aliphatic rings. The number of aromatic nitrogens is 1. The van der Waals surface area contributed by atoms with Gasteiger partial charge in [-0.2, -0.15) is 0 Å². The van der Waals surface area contributed by atoms with Gasteiger partial charge >= 0.3 is 0 Å². The van der Waals surface area contributed by atoms with Crippen LogP contribution < -0.4 is 10.2 Å². The summed E-state index contributed by atoms with van der Waals surface area (Å²) in [7, 11) is 0. The molecule has 114 valence electrons. The summed E-state index contributed by atoms with van der Waals surface area (Å²) in [6.07, 6.45) is 0. The van der Waals surface area contributed by atoms with Gasteiger partial charge < -0.3 is 10.2 Å². The smallest absolute Gasteiger partial charge is 0.136 e. The van der Waals surface area contributed by atoms with Crippen molar-refractivity contribution in [1.82, 2.24) is 10.3 Å². The predicted molar refractivity (Wildman–Crippen MR) is 91.8 cm³/mol. The average molecular weight is 285 g/mol. The molecular formula is C18H27N3. The second-order valence-corrected chi connectivity index (χ2v) is 5.86. The molecule has 2 rings (SSSR count). The van der Waals surface area contributed by atoms with Crippen LogP contribution in [-0.2, 0) is 6.54 Å². The fourth-order valence-corrected chi connectivity index (χ4v) is 2.58. The Morgan fingerprint density at radius 3 is 2.52 bits per heavy atom. The quantitative estimate of drug-likeness (QED) is 0.838. The summed E-state index contributed by atoms with van der Waals surface area (Å²) < 4.78 is 0. The first-order valence-corrected chi connectivity index (χ1v) is 8.00. The standard InChI is InChI=1S/C18H27N3/c1-5-21(6-2)18-17-10-8-7-9-15(17)11-16(20-18)13-19-12-14(3)4/h7-11,14,19H,5-6,12-13H2,1-4H3. The van der Waals surface area contributed by atoms with Crippen molar-refractivity contribution < 1.29 is 0 Å². The zero-order chi connectivity index (χ0) is 15.2. The number of anilines is 1. The van der Waals surface area contributed by atoms with E-state index in [1.807, 2.05) is 0 Å². The molecule has 3 heteroatoms. The highest BCUT2D eigenvalue weighted by molar-refractivity contribution is 5.92. The normalized spacial score (nSPS) is 11.3. The van der Waals surface area contributed by atoms with Crippen molar-refractivity contribution in [3.8, 4) is 0 Å². The van der Waals surface area contributed by atoms with E-state index in [9.17, 15) is 0 Å². The number of rotatable bonds is 7. The average Bonchev–Trinajstić information content (AvgIpc) is 2.48. The number of hydrogen-bond donors (Lipinski definition) is 1. The lowest BCUT2D eigenvalue weighted by molar-refractivity contribution is 0.548. The number of benzene rings is 1. The van der Waals surface area contributed by atoms with E-state index in [-0.39, 0.29) is 0 Å². The van der Waals surface area contributed by atoms with Gasteiger partial charge in [0.25, 0.3) is 0 Å². The van der Waals surface area contributed by atoms with E-state index in [4.69, 9.17) is 4.98 Å². The molecule has 0 atom stereocenters. The van der Waals surface area contributed by atoms with Gasteiger partial charge in [0.05, 0.1) is 5.69 Å². The zero-order valence-electron chi connectivity index (χ0n) is 13.7. The maximum Gasteiger partial charge on any atom is 0.136 e. The van der Waals surface area contributed by atoms with Crippen LogP contribution >= 0.6 is 0 Å². The van der Waals surface area contributed by atoms with Gasteiger partial charge in [-0.25, -0.2) is 4.98 Å². The van der Waals surface area contributed by atoms with Crippen molar-refractivity contribution in [3.63, 3.8) is 0 Å².